The number of hydrogen-bond acceptors (Lipinski definition) is 4. The monoisotopic (exact) mass is 263 g/mol. The van der Waals surface area contributed by atoms with Crippen molar-refractivity contribution in [2.45, 2.75) is 25.6 Å². The van der Waals surface area contributed by atoms with Gasteiger partial charge in [-0.3, -0.25) is 0 Å². The van der Waals surface area contributed by atoms with E-state index in [9.17, 15) is 21.6 Å². The van der Waals surface area contributed by atoms with E-state index in [1.54, 1.807) is 6.92 Å². The van der Waals surface area contributed by atoms with Gasteiger partial charge in [0.25, 0.3) is 0 Å². The topological polar surface area (TPSA) is 69.4 Å². The molecule has 0 aromatic heterocycles. The summed E-state index contributed by atoms with van der Waals surface area (Å²) in [4.78, 5) is 0. The molecule has 4 nitrogen and oxygen atoms in total. The molecule has 0 rings (SSSR count). The Morgan fingerprint density at radius 3 is 2.38 bits per heavy atom. The summed E-state index contributed by atoms with van der Waals surface area (Å²) in [6.45, 7) is -0.152. The highest BCUT2D eigenvalue weighted by Crippen LogP contribution is 2.14. The van der Waals surface area contributed by atoms with Crippen molar-refractivity contribution in [3.63, 3.8) is 0 Å². The van der Waals surface area contributed by atoms with Crippen LogP contribution < -0.4 is 5.73 Å². The lowest BCUT2D eigenvalue weighted by molar-refractivity contribution is -0.172. The summed E-state index contributed by atoms with van der Waals surface area (Å²) in [5.41, 5.74) is 5.43. The van der Waals surface area contributed by atoms with Gasteiger partial charge in [0.05, 0.1) is 18.1 Å². The van der Waals surface area contributed by atoms with Crippen LogP contribution in [0.25, 0.3) is 0 Å². The zero-order chi connectivity index (χ0) is 12.8. The Labute approximate surface area is 92.9 Å². The molecule has 0 amide bonds. The molecule has 1 atom stereocenters. The minimum Gasteiger partial charge on any atom is -0.371 e. The molecule has 0 aromatic rings. The predicted molar refractivity (Wildman–Crippen MR) is 53.8 cm³/mol. The lowest BCUT2D eigenvalue weighted by atomic mass is 10.3. The van der Waals surface area contributed by atoms with Crippen LogP contribution in [-0.2, 0) is 14.6 Å². The van der Waals surface area contributed by atoms with Gasteiger partial charge in [-0.15, -0.1) is 0 Å². The van der Waals surface area contributed by atoms with Crippen LogP contribution in [-0.4, -0.2) is 45.4 Å². The van der Waals surface area contributed by atoms with Crippen LogP contribution in [0.4, 0.5) is 13.2 Å². The Kier molecular flexibility index (Phi) is 6.27. The molecule has 0 aliphatic rings. The average molecular weight is 263 g/mol. The van der Waals surface area contributed by atoms with Crippen molar-refractivity contribution < 1.29 is 26.3 Å². The van der Waals surface area contributed by atoms with Gasteiger partial charge in [-0.1, -0.05) is 6.92 Å². The smallest absolute Gasteiger partial charge is 0.371 e. The van der Waals surface area contributed by atoms with Crippen molar-refractivity contribution in [2.75, 3.05) is 24.7 Å². The molecule has 0 fully saturated rings. The van der Waals surface area contributed by atoms with Crippen molar-refractivity contribution >= 4 is 9.84 Å². The number of ether oxygens (including phenoxy) is 1. The largest absolute Gasteiger partial charge is 0.411 e. The predicted octanol–water partition coefficient (Wildman–Crippen LogP) is 0.717. The maximum Gasteiger partial charge on any atom is 0.411 e. The van der Waals surface area contributed by atoms with Gasteiger partial charge in [-0.2, -0.15) is 13.2 Å². The SMILES string of the molecule is CCC(N)CS(=O)(=O)CCOCC(F)(F)F. The summed E-state index contributed by atoms with van der Waals surface area (Å²) in [6, 6.07) is -0.479. The first-order valence-corrected chi connectivity index (χ1v) is 6.59. The summed E-state index contributed by atoms with van der Waals surface area (Å²) >= 11 is 0. The lowest BCUT2D eigenvalue weighted by Crippen LogP contribution is -2.31. The summed E-state index contributed by atoms with van der Waals surface area (Å²) in [5, 5.41) is 0. The molecule has 0 radical (unpaired) electrons. The van der Waals surface area contributed by atoms with Crippen LogP contribution in [0.15, 0.2) is 0 Å². The van der Waals surface area contributed by atoms with Gasteiger partial charge < -0.3 is 10.5 Å². The minimum absolute atomic E-state index is 0.223. The number of sulfone groups is 1. The third kappa shape index (κ3) is 8.93. The van der Waals surface area contributed by atoms with E-state index in [1.807, 2.05) is 0 Å². The van der Waals surface area contributed by atoms with E-state index in [-0.39, 0.29) is 5.75 Å². The second-order valence-electron chi connectivity index (χ2n) is 3.45. The maximum atomic E-state index is 11.6. The van der Waals surface area contributed by atoms with Gasteiger partial charge in [0.15, 0.2) is 9.84 Å². The molecular formula is C8H16F3NO3S. The summed E-state index contributed by atoms with van der Waals surface area (Å²) < 4.78 is 61.7. The van der Waals surface area contributed by atoms with E-state index in [1.165, 1.54) is 0 Å². The van der Waals surface area contributed by atoms with E-state index in [0.717, 1.165) is 0 Å². The number of halogens is 3. The van der Waals surface area contributed by atoms with E-state index in [4.69, 9.17) is 5.73 Å². The molecule has 0 spiro atoms. The van der Waals surface area contributed by atoms with Gasteiger partial charge >= 0.3 is 6.18 Å². The lowest BCUT2D eigenvalue weighted by Gasteiger charge is -2.10. The van der Waals surface area contributed by atoms with Crippen molar-refractivity contribution in [2.24, 2.45) is 5.73 Å². The molecule has 0 saturated carbocycles. The molecule has 0 aromatic carbocycles. The second-order valence-corrected chi connectivity index (χ2v) is 5.68. The first kappa shape index (κ1) is 15.7. The fourth-order valence-corrected chi connectivity index (χ4v) is 2.33. The highest BCUT2D eigenvalue weighted by Gasteiger charge is 2.27. The molecule has 0 saturated heterocycles. The Morgan fingerprint density at radius 2 is 1.94 bits per heavy atom. The first-order valence-electron chi connectivity index (χ1n) is 4.77. The molecule has 1 unspecified atom stereocenters. The van der Waals surface area contributed by atoms with Crippen LogP contribution in [0.5, 0.6) is 0 Å². The summed E-state index contributed by atoms with van der Waals surface area (Å²) in [5.74, 6) is -0.657. The van der Waals surface area contributed by atoms with E-state index in [2.05, 4.69) is 4.74 Å². The van der Waals surface area contributed by atoms with E-state index in [0.29, 0.717) is 6.42 Å². The van der Waals surface area contributed by atoms with Gasteiger partial charge in [0.1, 0.15) is 6.61 Å². The normalized spacial score (nSPS) is 15.1. The van der Waals surface area contributed by atoms with E-state index >= 15 is 0 Å². The van der Waals surface area contributed by atoms with Crippen LogP contribution >= 0.6 is 0 Å². The number of rotatable bonds is 7. The first-order chi connectivity index (χ1) is 7.16. The Morgan fingerprint density at radius 1 is 1.38 bits per heavy atom. The quantitative estimate of drug-likeness (QED) is 0.687. The third-order valence-electron chi connectivity index (χ3n) is 1.80. The molecular weight excluding hydrogens is 247 g/mol. The highest BCUT2D eigenvalue weighted by molar-refractivity contribution is 7.91. The fraction of sp³-hybridized carbons (Fsp3) is 1.00. The second kappa shape index (κ2) is 6.41. The molecule has 8 heteroatoms. The van der Waals surface area contributed by atoms with Crippen LogP contribution in [0.1, 0.15) is 13.3 Å². The Balaban J connectivity index is 3.84. The molecule has 0 aliphatic carbocycles. The van der Waals surface area contributed by atoms with Crippen LogP contribution in [0.3, 0.4) is 0 Å². The van der Waals surface area contributed by atoms with Crippen LogP contribution in [0, 0.1) is 0 Å². The number of nitrogens with two attached hydrogens (primary N) is 1. The summed E-state index contributed by atoms with van der Waals surface area (Å²) in [7, 11) is -3.43. The van der Waals surface area contributed by atoms with Crippen LogP contribution in [0.2, 0.25) is 0 Å². The Bertz CT molecular complexity index is 289. The number of alkyl halides is 3. The molecule has 98 valence electrons. The number of hydrogen-bond donors (Lipinski definition) is 1. The molecule has 16 heavy (non-hydrogen) atoms. The minimum atomic E-state index is -4.43. The zero-order valence-corrected chi connectivity index (χ0v) is 9.77. The van der Waals surface area contributed by atoms with E-state index < -0.39 is 41.0 Å². The van der Waals surface area contributed by atoms with Crippen molar-refractivity contribution in [3.05, 3.63) is 0 Å². The third-order valence-corrected chi connectivity index (χ3v) is 3.52. The fourth-order valence-electron chi connectivity index (χ4n) is 0.901. The van der Waals surface area contributed by atoms with Gasteiger partial charge in [0.2, 0.25) is 0 Å². The van der Waals surface area contributed by atoms with Gasteiger partial charge in [-0.25, -0.2) is 8.42 Å². The van der Waals surface area contributed by atoms with Gasteiger partial charge in [0, 0.05) is 6.04 Å². The summed E-state index contributed by atoms with van der Waals surface area (Å²) in [6.07, 6.45) is -3.92. The molecule has 0 aliphatic heterocycles. The Hall–Kier alpha value is -0.340. The molecule has 0 heterocycles. The maximum absolute atomic E-state index is 11.6. The van der Waals surface area contributed by atoms with Crippen molar-refractivity contribution in [3.8, 4) is 0 Å². The van der Waals surface area contributed by atoms with Crippen molar-refractivity contribution in [1.82, 2.24) is 0 Å². The molecule has 2 N–H and O–H groups in total. The molecule has 0 bridgehead atoms. The van der Waals surface area contributed by atoms with Crippen molar-refractivity contribution in [1.29, 1.82) is 0 Å². The highest BCUT2D eigenvalue weighted by atomic mass is 32.2. The standard InChI is InChI=1S/C8H16F3NO3S/c1-2-7(12)5-16(13,14)4-3-15-6-8(9,10)11/h7H,2-6,12H2,1H3. The zero-order valence-electron chi connectivity index (χ0n) is 8.96. The van der Waals surface area contributed by atoms with Gasteiger partial charge in [-0.05, 0) is 6.42 Å². The average Bonchev–Trinajstić information content (AvgIpc) is 2.10.